The molecule has 3 N–H and O–H groups in total. The van der Waals surface area contributed by atoms with E-state index in [1.54, 1.807) is 0 Å². The van der Waals surface area contributed by atoms with Crippen molar-refractivity contribution in [3.63, 3.8) is 0 Å². The number of halogens is 2. The molecule has 1 aromatic heterocycles. The van der Waals surface area contributed by atoms with Crippen LogP contribution in [0.4, 0.5) is 16.0 Å². The Morgan fingerprint density at radius 1 is 1.35 bits per heavy atom. The van der Waals surface area contributed by atoms with Gasteiger partial charge in [0.15, 0.2) is 11.6 Å². The van der Waals surface area contributed by atoms with Crippen molar-refractivity contribution in [3.05, 3.63) is 11.1 Å². The highest BCUT2D eigenvalue weighted by molar-refractivity contribution is 6.28. The Morgan fingerprint density at radius 3 is 2.62 bits per heavy atom. The van der Waals surface area contributed by atoms with Crippen LogP contribution in [-0.4, -0.2) is 76.2 Å². The molecule has 34 heavy (non-hydrogen) atoms. The third-order valence-corrected chi connectivity index (χ3v) is 7.12. The molecule has 2 atom stereocenters. The Labute approximate surface area is 204 Å². The van der Waals surface area contributed by atoms with Gasteiger partial charge in [-0.25, -0.2) is 5.06 Å². The molecular formula is C22H35ClFN7O3. The summed E-state index contributed by atoms with van der Waals surface area (Å²) in [5.41, 5.74) is 4.66. The molecule has 12 heteroatoms. The van der Waals surface area contributed by atoms with Crippen molar-refractivity contribution in [3.8, 4) is 0 Å². The van der Waals surface area contributed by atoms with E-state index in [4.69, 9.17) is 11.6 Å². The number of nitrogens with one attached hydrogen (secondary N) is 2. The molecule has 2 fully saturated rings. The van der Waals surface area contributed by atoms with Gasteiger partial charge in [0, 0.05) is 18.1 Å². The summed E-state index contributed by atoms with van der Waals surface area (Å²) in [5, 5.41) is 9.95. The van der Waals surface area contributed by atoms with Gasteiger partial charge < -0.3 is 9.80 Å². The Kier molecular flexibility index (Phi) is 8.53. The predicted octanol–water partition coefficient (Wildman–Crippen LogP) is 2.68. The van der Waals surface area contributed by atoms with Crippen molar-refractivity contribution in [2.45, 2.75) is 64.0 Å². The Morgan fingerprint density at radius 2 is 2.03 bits per heavy atom. The van der Waals surface area contributed by atoms with Crippen LogP contribution in [0.15, 0.2) is 0 Å². The molecule has 3 rings (SSSR count). The summed E-state index contributed by atoms with van der Waals surface area (Å²) in [6, 6.07) is 0.217. The summed E-state index contributed by atoms with van der Waals surface area (Å²) in [6.45, 7) is 4.45. The van der Waals surface area contributed by atoms with Gasteiger partial charge in [-0.1, -0.05) is 25.7 Å². The highest BCUT2D eigenvalue weighted by Crippen LogP contribution is 2.37. The van der Waals surface area contributed by atoms with Crippen LogP contribution in [0.1, 0.15) is 52.4 Å². The number of hydrazine groups is 1. The minimum absolute atomic E-state index is 0.0658. The van der Waals surface area contributed by atoms with Crippen molar-refractivity contribution in [2.24, 2.45) is 11.8 Å². The monoisotopic (exact) mass is 499 g/mol. The van der Waals surface area contributed by atoms with E-state index >= 15 is 4.39 Å². The number of aromatic nitrogens is 2. The lowest BCUT2D eigenvalue weighted by Crippen LogP contribution is -2.42. The summed E-state index contributed by atoms with van der Waals surface area (Å²) in [7, 11) is 3.96. The average Bonchev–Trinajstić information content (AvgIpc) is 3.40. The maximum absolute atomic E-state index is 15.5. The third-order valence-electron chi connectivity index (χ3n) is 6.95. The molecule has 2 heterocycles. The van der Waals surface area contributed by atoms with E-state index in [1.807, 2.05) is 32.8 Å². The largest absolute Gasteiger partial charge is 0.347 e. The zero-order valence-corrected chi connectivity index (χ0v) is 21.0. The van der Waals surface area contributed by atoms with Gasteiger partial charge in [-0.2, -0.15) is 14.4 Å². The van der Waals surface area contributed by atoms with Crippen LogP contribution in [0.5, 0.6) is 0 Å². The van der Waals surface area contributed by atoms with Gasteiger partial charge in [0.2, 0.25) is 23.4 Å². The summed E-state index contributed by atoms with van der Waals surface area (Å²) >= 11 is 6.11. The number of likely N-dealkylation sites (N-methyl/N-ethyl adjacent to an activating group) is 1. The van der Waals surface area contributed by atoms with E-state index in [9.17, 15) is 14.8 Å². The molecule has 1 unspecified atom stereocenters. The quantitative estimate of drug-likeness (QED) is 0.195. The molecule has 0 aromatic carbocycles. The van der Waals surface area contributed by atoms with Gasteiger partial charge in [0.1, 0.15) is 0 Å². The van der Waals surface area contributed by atoms with Gasteiger partial charge in [0.05, 0.1) is 12.5 Å². The second kappa shape index (κ2) is 11.0. The molecule has 2 amide bonds. The number of hydrogen-bond donors (Lipinski definition) is 3. The first-order chi connectivity index (χ1) is 16.0. The smallest absolute Gasteiger partial charge is 0.243 e. The molecule has 0 radical (unpaired) electrons. The standard InChI is InChI=1S/C22H35ClFN7O3/c1-22(2)10-16(29(3)4)12-31(22)19-17(24)18(25-21(23)26-19)27-28-20(33)15(11-30(34)13-32)9-14-7-5-6-8-14/h13-16,34H,5-12H2,1-4H3,(H,28,33)(H,25,26,27)/t15-,16?/m0/s1. The second-order valence-electron chi connectivity index (χ2n) is 10.1. The first-order valence-corrected chi connectivity index (χ1v) is 12.0. The van der Waals surface area contributed by atoms with Gasteiger partial charge in [-0.05, 0) is 58.3 Å². The first kappa shape index (κ1) is 26.4. The number of anilines is 2. The molecule has 1 aliphatic heterocycles. The first-order valence-electron chi connectivity index (χ1n) is 11.7. The van der Waals surface area contributed by atoms with Crippen LogP contribution in [0.3, 0.4) is 0 Å². The molecule has 1 saturated carbocycles. The van der Waals surface area contributed by atoms with Crippen LogP contribution in [-0.2, 0) is 9.59 Å². The summed E-state index contributed by atoms with van der Waals surface area (Å²) in [4.78, 5) is 35.8. The topological polar surface area (TPSA) is 114 Å². The number of carbonyl (C=O) groups excluding carboxylic acids is 2. The Hall–Kier alpha value is -2.24. The minimum atomic E-state index is -0.721. The van der Waals surface area contributed by atoms with E-state index in [1.165, 1.54) is 0 Å². The van der Waals surface area contributed by atoms with Crippen LogP contribution in [0.25, 0.3) is 0 Å². The molecule has 190 valence electrons. The number of rotatable bonds is 10. The lowest BCUT2D eigenvalue weighted by Gasteiger charge is -2.32. The molecule has 10 nitrogen and oxygen atoms in total. The van der Waals surface area contributed by atoms with E-state index in [-0.39, 0.29) is 41.5 Å². The van der Waals surface area contributed by atoms with Gasteiger partial charge in [0.25, 0.3) is 0 Å². The van der Waals surface area contributed by atoms with Crippen LogP contribution in [0, 0.1) is 17.7 Å². The fraction of sp³-hybridized carbons (Fsp3) is 0.727. The van der Waals surface area contributed by atoms with Crippen molar-refractivity contribution in [1.82, 2.24) is 25.4 Å². The third kappa shape index (κ3) is 6.25. The number of hydrogen-bond acceptors (Lipinski definition) is 8. The molecule has 0 bridgehead atoms. The highest BCUT2D eigenvalue weighted by Gasteiger charge is 2.41. The molecule has 1 aromatic rings. The zero-order chi connectivity index (χ0) is 25.0. The lowest BCUT2D eigenvalue weighted by molar-refractivity contribution is -0.154. The molecule has 1 aliphatic carbocycles. The Balaban J connectivity index is 1.75. The molecule has 1 saturated heterocycles. The van der Waals surface area contributed by atoms with E-state index in [0.29, 0.717) is 23.9 Å². The van der Waals surface area contributed by atoms with Crippen molar-refractivity contribution >= 4 is 35.6 Å². The van der Waals surface area contributed by atoms with Crippen molar-refractivity contribution in [2.75, 3.05) is 37.5 Å². The fourth-order valence-corrected chi connectivity index (χ4v) is 5.17. The van der Waals surface area contributed by atoms with E-state index in [2.05, 4.69) is 25.7 Å². The molecule has 2 aliphatic rings. The normalized spacial score (nSPS) is 21.1. The summed E-state index contributed by atoms with van der Waals surface area (Å²) in [6.07, 6.45) is 5.80. The van der Waals surface area contributed by atoms with Crippen LogP contribution in [0.2, 0.25) is 5.28 Å². The van der Waals surface area contributed by atoms with E-state index in [0.717, 1.165) is 32.1 Å². The average molecular weight is 500 g/mol. The summed E-state index contributed by atoms with van der Waals surface area (Å²) < 4.78 is 15.5. The fourth-order valence-electron chi connectivity index (χ4n) is 5.00. The second-order valence-corrected chi connectivity index (χ2v) is 10.5. The minimum Gasteiger partial charge on any atom is -0.347 e. The lowest BCUT2D eigenvalue weighted by atomic mass is 9.92. The van der Waals surface area contributed by atoms with Crippen molar-refractivity contribution < 1.29 is 19.2 Å². The van der Waals surface area contributed by atoms with Crippen LogP contribution >= 0.6 is 11.6 Å². The molecule has 0 spiro atoms. The number of hydroxylamine groups is 2. The maximum Gasteiger partial charge on any atom is 0.243 e. The van der Waals surface area contributed by atoms with Gasteiger partial charge >= 0.3 is 0 Å². The maximum atomic E-state index is 15.5. The number of carbonyl (C=O) groups is 2. The SMILES string of the molecule is CN(C)C1CN(c2nc(Cl)nc(NNC(=O)[C@@H](CC3CCCC3)CN(O)C=O)c2F)C(C)(C)C1. The summed E-state index contributed by atoms with van der Waals surface area (Å²) in [5.74, 6) is -1.70. The van der Waals surface area contributed by atoms with Gasteiger partial charge in [-0.15, -0.1) is 0 Å². The molecular weight excluding hydrogens is 465 g/mol. The zero-order valence-electron chi connectivity index (χ0n) is 20.2. The highest BCUT2D eigenvalue weighted by atomic mass is 35.5. The van der Waals surface area contributed by atoms with Crippen molar-refractivity contribution in [1.29, 1.82) is 0 Å². The van der Waals surface area contributed by atoms with Gasteiger partial charge in [-0.3, -0.25) is 25.6 Å². The number of nitrogens with zero attached hydrogens (tertiary/aromatic N) is 5. The number of amides is 2. The van der Waals surface area contributed by atoms with E-state index < -0.39 is 17.6 Å². The predicted molar refractivity (Wildman–Crippen MR) is 127 cm³/mol. The Bertz CT molecular complexity index is 882. The van der Waals surface area contributed by atoms with Crippen LogP contribution < -0.4 is 15.8 Å².